The van der Waals surface area contributed by atoms with Crippen LogP contribution in [0.15, 0.2) is 46.2 Å². The molecule has 0 aliphatic heterocycles. The second kappa shape index (κ2) is 4.72. The third-order valence-electron chi connectivity index (χ3n) is 1.73. The van der Waals surface area contributed by atoms with Gasteiger partial charge >= 0.3 is 6.18 Å². The average Bonchev–Trinajstić information content (AvgIpc) is 2.17. The number of rotatable bonds is 2. The van der Waals surface area contributed by atoms with Crippen LogP contribution >= 0.6 is 0 Å². The van der Waals surface area contributed by atoms with Crippen LogP contribution in [-0.2, 0) is 0 Å². The van der Waals surface area contributed by atoms with Gasteiger partial charge in [-0.2, -0.15) is 13.2 Å². The zero-order chi connectivity index (χ0) is 11.3. The standard InChI is InChI=1S/C10H9F3N2/c1-14-6-7-15-9-5-3-2-4-8(9)10(11,12)13/h2-4,6-7H,1,5H2/b7-6-,15-9+. The van der Waals surface area contributed by atoms with Crippen molar-refractivity contribution in [1.29, 1.82) is 0 Å². The Balaban J connectivity index is 2.95. The van der Waals surface area contributed by atoms with Gasteiger partial charge in [0.25, 0.3) is 0 Å². The number of nitrogens with zero attached hydrogens (tertiary/aromatic N) is 2. The van der Waals surface area contributed by atoms with E-state index in [1.807, 2.05) is 0 Å². The maximum absolute atomic E-state index is 12.5. The highest BCUT2D eigenvalue weighted by Crippen LogP contribution is 2.29. The molecule has 2 nitrogen and oxygen atoms in total. The van der Waals surface area contributed by atoms with Crippen molar-refractivity contribution in [3.63, 3.8) is 0 Å². The number of aliphatic imine (C=N–C) groups is 2. The molecule has 0 fully saturated rings. The van der Waals surface area contributed by atoms with Gasteiger partial charge in [-0.1, -0.05) is 12.2 Å². The Morgan fingerprint density at radius 3 is 2.67 bits per heavy atom. The molecule has 0 radical (unpaired) electrons. The first-order valence-corrected chi connectivity index (χ1v) is 4.17. The van der Waals surface area contributed by atoms with Gasteiger partial charge in [-0.05, 0) is 12.8 Å². The van der Waals surface area contributed by atoms with E-state index in [1.165, 1.54) is 18.5 Å². The molecule has 0 heterocycles. The minimum atomic E-state index is -4.36. The minimum Gasteiger partial charge on any atom is -0.271 e. The molecule has 0 spiro atoms. The van der Waals surface area contributed by atoms with E-state index < -0.39 is 11.7 Å². The molecule has 80 valence electrons. The van der Waals surface area contributed by atoms with Gasteiger partial charge in [0.2, 0.25) is 0 Å². The van der Waals surface area contributed by atoms with E-state index in [9.17, 15) is 13.2 Å². The normalized spacial score (nSPS) is 19.7. The third-order valence-corrected chi connectivity index (χ3v) is 1.73. The Labute approximate surface area is 85.2 Å². The van der Waals surface area contributed by atoms with Crippen LogP contribution in [0.1, 0.15) is 6.42 Å². The van der Waals surface area contributed by atoms with E-state index in [4.69, 9.17) is 0 Å². The molecule has 0 aromatic carbocycles. The molecule has 0 bridgehead atoms. The van der Waals surface area contributed by atoms with Crippen LogP contribution in [0, 0.1) is 0 Å². The summed E-state index contributed by atoms with van der Waals surface area (Å²) in [6.45, 7) is 3.15. The van der Waals surface area contributed by atoms with Crippen molar-refractivity contribution >= 4 is 12.4 Å². The Bertz CT molecular complexity index is 359. The zero-order valence-corrected chi connectivity index (χ0v) is 7.83. The van der Waals surface area contributed by atoms with E-state index in [0.717, 1.165) is 6.08 Å². The van der Waals surface area contributed by atoms with Gasteiger partial charge in [0.1, 0.15) is 0 Å². The van der Waals surface area contributed by atoms with Gasteiger partial charge in [-0.25, -0.2) is 0 Å². The van der Waals surface area contributed by atoms with Crippen molar-refractivity contribution in [2.45, 2.75) is 12.6 Å². The first-order chi connectivity index (χ1) is 7.05. The molecule has 1 aliphatic rings. The van der Waals surface area contributed by atoms with Crippen LogP contribution in [0.25, 0.3) is 0 Å². The second-order valence-corrected chi connectivity index (χ2v) is 2.77. The highest BCUT2D eigenvalue weighted by atomic mass is 19.4. The van der Waals surface area contributed by atoms with Crippen LogP contribution in [0.2, 0.25) is 0 Å². The van der Waals surface area contributed by atoms with Crippen LogP contribution in [-0.4, -0.2) is 18.6 Å². The summed E-state index contributed by atoms with van der Waals surface area (Å²) in [5.41, 5.74) is -0.719. The predicted octanol–water partition coefficient (Wildman–Crippen LogP) is 3.05. The molecule has 1 aliphatic carbocycles. The number of allylic oxidation sites excluding steroid dienone is 4. The quantitative estimate of drug-likeness (QED) is 0.631. The van der Waals surface area contributed by atoms with E-state index in [0.29, 0.717) is 0 Å². The maximum Gasteiger partial charge on any atom is 0.418 e. The predicted molar refractivity (Wildman–Crippen MR) is 54.0 cm³/mol. The number of halogens is 3. The van der Waals surface area contributed by atoms with E-state index in [2.05, 4.69) is 16.7 Å². The van der Waals surface area contributed by atoms with Crippen molar-refractivity contribution < 1.29 is 13.2 Å². The van der Waals surface area contributed by atoms with Crippen molar-refractivity contribution in [2.75, 3.05) is 0 Å². The summed E-state index contributed by atoms with van der Waals surface area (Å²) in [5, 5.41) is 0. The lowest BCUT2D eigenvalue weighted by Crippen LogP contribution is -2.20. The van der Waals surface area contributed by atoms with Gasteiger partial charge in [0, 0.05) is 18.8 Å². The van der Waals surface area contributed by atoms with Crippen LogP contribution in [0.3, 0.4) is 0 Å². The van der Waals surface area contributed by atoms with Gasteiger partial charge in [0.15, 0.2) is 0 Å². The minimum absolute atomic E-state index is 0.00935. The number of hydrogen-bond acceptors (Lipinski definition) is 2. The van der Waals surface area contributed by atoms with Crippen LogP contribution in [0.5, 0.6) is 0 Å². The molecule has 0 atom stereocenters. The summed E-state index contributed by atoms with van der Waals surface area (Å²) in [6, 6.07) is 0. The Kier molecular flexibility index (Phi) is 3.60. The maximum atomic E-state index is 12.5. The Hall–Kier alpha value is -1.65. The van der Waals surface area contributed by atoms with Gasteiger partial charge in [-0.3, -0.25) is 9.98 Å². The molecule has 0 saturated carbocycles. The molecular formula is C10H9F3N2. The van der Waals surface area contributed by atoms with E-state index in [-0.39, 0.29) is 12.1 Å². The molecule has 0 aromatic rings. The molecule has 1 rings (SSSR count). The van der Waals surface area contributed by atoms with Crippen LogP contribution < -0.4 is 0 Å². The number of hydrogen-bond donors (Lipinski definition) is 0. The highest BCUT2D eigenvalue weighted by molar-refractivity contribution is 6.03. The van der Waals surface area contributed by atoms with E-state index in [1.54, 1.807) is 6.08 Å². The van der Waals surface area contributed by atoms with Gasteiger partial charge in [-0.15, -0.1) is 0 Å². The summed E-state index contributed by atoms with van der Waals surface area (Å²) in [7, 11) is 0. The largest absolute Gasteiger partial charge is 0.418 e. The molecule has 0 amide bonds. The molecule has 0 saturated heterocycles. The summed E-state index contributed by atoms with van der Waals surface area (Å²) in [5.74, 6) is 0. The van der Waals surface area contributed by atoms with Crippen molar-refractivity contribution in [3.8, 4) is 0 Å². The smallest absolute Gasteiger partial charge is 0.271 e. The van der Waals surface area contributed by atoms with Crippen molar-refractivity contribution in [2.24, 2.45) is 9.98 Å². The number of alkyl halides is 3. The lowest BCUT2D eigenvalue weighted by molar-refractivity contribution is -0.0862. The zero-order valence-electron chi connectivity index (χ0n) is 7.83. The molecular weight excluding hydrogens is 205 g/mol. The average molecular weight is 214 g/mol. The Morgan fingerprint density at radius 2 is 2.07 bits per heavy atom. The first-order valence-electron chi connectivity index (χ1n) is 4.17. The fourth-order valence-electron chi connectivity index (χ4n) is 1.10. The van der Waals surface area contributed by atoms with E-state index >= 15 is 0 Å². The first kappa shape index (κ1) is 11.4. The lowest BCUT2D eigenvalue weighted by atomic mass is 10.0. The van der Waals surface area contributed by atoms with Gasteiger partial charge < -0.3 is 0 Å². The topological polar surface area (TPSA) is 24.7 Å². The SMILES string of the molecule is C=N/C=C\N=C1/CC=CC=C1C(F)(F)F. The summed E-state index contributed by atoms with van der Waals surface area (Å²) >= 11 is 0. The van der Waals surface area contributed by atoms with Crippen molar-refractivity contribution in [1.82, 2.24) is 0 Å². The molecule has 0 unspecified atom stereocenters. The molecule has 15 heavy (non-hydrogen) atoms. The molecule has 5 heteroatoms. The summed E-state index contributed by atoms with van der Waals surface area (Å²) in [4.78, 5) is 7.03. The van der Waals surface area contributed by atoms with Crippen LogP contribution in [0.4, 0.5) is 13.2 Å². The summed E-state index contributed by atoms with van der Waals surface area (Å²) < 4.78 is 37.4. The lowest BCUT2D eigenvalue weighted by Gasteiger charge is -2.14. The second-order valence-electron chi connectivity index (χ2n) is 2.77. The van der Waals surface area contributed by atoms with Crippen molar-refractivity contribution in [3.05, 3.63) is 36.2 Å². The molecule has 0 N–H and O–H groups in total. The third kappa shape index (κ3) is 3.19. The monoisotopic (exact) mass is 214 g/mol. The van der Waals surface area contributed by atoms with Gasteiger partial charge in [0.05, 0.1) is 11.3 Å². The highest BCUT2D eigenvalue weighted by Gasteiger charge is 2.36. The Morgan fingerprint density at radius 1 is 1.33 bits per heavy atom. The fraction of sp³-hybridized carbons (Fsp3) is 0.200. The fourth-order valence-corrected chi connectivity index (χ4v) is 1.10. The molecule has 0 aromatic heterocycles. The summed E-state index contributed by atoms with van der Waals surface area (Å²) in [6.07, 6.45) is 2.24.